The van der Waals surface area contributed by atoms with Crippen molar-refractivity contribution in [1.29, 1.82) is 0 Å². The SMILES string of the molecule is CCOC(=O)COc1ccc(CCN)cc1F. The van der Waals surface area contributed by atoms with Gasteiger partial charge in [0.05, 0.1) is 6.61 Å². The maximum absolute atomic E-state index is 13.5. The van der Waals surface area contributed by atoms with Gasteiger partial charge in [-0.3, -0.25) is 0 Å². The van der Waals surface area contributed by atoms with Crippen LogP contribution in [0.5, 0.6) is 5.75 Å². The molecule has 1 rings (SSSR count). The lowest BCUT2D eigenvalue weighted by Gasteiger charge is -2.07. The van der Waals surface area contributed by atoms with Crippen LogP contribution >= 0.6 is 0 Å². The van der Waals surface area contributed by atoms with Gasteiger partial charge >= 0.3 is 5.97 Å². The van der Waals surface area contributed by atoms with E-state index in [4.69, 9.17) is 10.5 Å². The van der Waals surface area contributed by atoms with Crippen molar-refractivity contribution in [3.63, 3.8) is 0 Å². The van der Waals surface area contributed by atoms with E-state index in [1.165, 1.54) is 12.1 Å². The molecule has 0 fully saturated rings. The predicted molar refractivity (Wildman–Crippen MR) is 61.3 cm³/mol. The first-order valence-electron chi connectivity index (χ1n) is 5.44. The van der Waals surface area contributed by atoms with E-state index in [0.717, 1.165) is 5.56 Å². The maximum atomic E-state index is 13.5. The highest BCUT2D eigenvalue weighted by atomic mass is 19.1. The van der Waals surface area contributed by atoms with Crippen LogP contribution in [0.3, 0.4) is 0 Å². The second-order valence-electron chi connectivity index (χ2n) is 3.40. The van der Waals surface area contributed by atoms with Crippen LogP contribution in [0.15, 0.2) is 18.2 Å². The molecule has 0 saturated heterocycles. The monoisotopic (exact) mass is 241 g/mol. The van der Waals surface area contributed by atoms with Crippen LogP contribution < -0.4 is 10.5 Å². The summed E-state index contributed by atoms with van der Waals surface area (Å²) in [5.41, 5.74) is 6.17. The quantitative estimate of drug-likeness (QED) is 0.762. The van der Waals surface area contributed by atoms with Gasteiger partial charge in [-0.1, -0.05) is 6.07 Å². The predicted octanol–water partition coefficient (Wildman–Crippen LogP) is 1.27. The van der Waals surface area contributed by atoms with Crippen molar-refractivity contribution in [2.45, 2.75) is 13.3 Å². The van der Waals surface area contributed by atoms with Gasteiger partial charge in [0.1, 0.15) is 0 Å². The molecule has 0 aliphatic carbocycles. The summed E-state index contributed by atoms with van der Waals surface area (Å²) in [5.74, 6) is -0.975. The molecular weight excluding hydrogens is 225 g/mol. The van der Waals surface area contributed by atoms with Crippen molar-refractivity contribution < 1.29 is 18.7 Å². The van der Waals surface area contributed by atoms with Crippen LogP contribution in [0.1, 0.15) is 12.5 Å². The molecule has 2 N–H and O–H groups in total. The minimum Gasteiger partial charge on any atom is -0.479 e. The van der Waals surface area contributed by atoms with Gasteiger partial charge in [0.15, 0.2) is 18.2 Å². The normalized spacial score (nSPS) is 10.1. The van der Waals surface area contributed by atoms with Crippen molar-refractivity contribution in [3.05, 3.63) is 29.6 Å². The first-order valence-corrected chi connectivity index (χ1v) is 5.44. The molecule has 0 aromatic heterocycles. The zero-order valence-corrected chi connectivity index (χ0v) is 9.74. The number of carbonyl (C=O) groups is 1. The number of rotatable bonds is 6. The average Bonchev–Trinajstić information content (AvgIpc) is 2.29. The summed E-state index contributed by atoms with van der Waals surface area (Å²) in [5, 5.41) is 0. The Labute approximate surface area is 99.5 Å². The summed E-state index contributed by atoms with van der Waals surface area (Å²) in [6.07, 6.45) is 0.606. The zero-order valence-electron chi connectivity index (χ0n) is 9.74. The van der Waals surface area contributed by atoms with Crippen LogP contribution in [0.4, 0.5) is 4.39 Å². The van der Waals surface area contributed by atoms with Gasteiger partial charge < -0.3 is 15.2 Å². The number of esters is 1. The van der Waals surface area contributed by atoms with E-state index in [9.17, 15) is 9.18 Å². The van der Waals surface area contributed by atoms with Gasteiger partial charge in [0.25, 0.3) is 0 Å². The first-order chi connectivity index (χ1) is 8.17. The van der Waals surface area contributed by atoms with Gasteiger partial charge in [-0.25, -0.2) is 9.18 Å². The Morgan fingerprint density at radius 3 is 2.82 bits per heavy atom. The fraction of sp³-hybridized carbons (Fsp3) is 0.417. The molecule has 0 radical (unpaired) electrons. The highest BCUT2D eigenvalue weighted by Crippen LogP contribution is 2.18. The molecule has 0 atom stereocenters. The molecule has 0 heterocycles. The number of halogens is 1. The first kappa shape index (κ1) is 13.4. The number of ether oxygens (including phenoxy) is 2. The van der Waals surface area contributed by atoms with Crippen LogP contribution in [0, 0.1) is 5.82 Å². The highest BCUT2D eigenvalue weighted by Gasteiger charge is 2.08. The second-order valence-corrected chi connectivity index (χ2v) is 3.40. The summed E-state index contributed by atoms with van der Waals surface area (Å²) in [6, 6.07) is 4.56. The van der Waals surface area contributed by atoms with Crippen LogP contribution in [0.25, 0.3) is 0 Å². The molecule has 1 aromatic carbocycles. The Morgan fingerprint density at radius 2 is 2.24 bits per heavy atom. The Kier molecular flexibility index (Phi) is 5.42. The van der Waals surface area contributed by atoms with Crippen LogP contribution in [-0.4, -0.2) is 25.7 Å². The van der Waals surface area contributed by atoms with Gasteiger partial charge in [-0.15, -0.1) is 0 Å². The van der Waals surface area contributed by atoms with Gasteiger partial charge in [0, 0.05) is 0 Å². The van der Waals surface area contributed by atoms with E-state index >= 15 is 0 Å². The van der Waals surface area contributed by atoms with Crippen LogP contribution in [0.2, 0.25) is 0 Å². The smallest absolute Gasteiger partial charge is 0.344 e. The van der Waals surface area contributed by atoms with Gasteiger partial charge in [-0.05, 0) is 37.6 Å². The topological polar surface area (TPSA) is 61.5 Å². The lowest BCUT2D eigenvalue weighted by atomic mass is 10.1. The third kappa shape index (κ3) is 4.40. The number of hydrogen-bond acceptors (Lipinski definition) is 4. The molecule has 0 aliphatic heterocycles. The molecule has 4 nitrogen and oxygen atoms in total. The number of benzene rings is 1. The van der Waals surface area contributed by atoms with E-state index < -0.39 is 11.8 Å². The van der Waals surface area contributed by atoms with Gasteiger partial charge in [-0.2, -0.15) is 0 Å². The van der Waals surface area contributed by atoms with Crippen molar-refractivity contribution >= 4 is 5.97 Å². The average molecular weight is 241 g/mol. The fourth-order valence-corrected chi connectivity index (χ4v) is 1.32. The second kappa shape index (κ2) is 6.85. The van der Waals surface area contributed by atoms with E-state index in [1.54, 1.807) is 13.0 Å². The van der Waals surface area contributed by atoms with E-state index in [1.807, 2.05) is 0 Å². The highest BCUT2D eigenvalue weighted by molar-refractivity contribution is 5.71. The number of hydrogen-bond donors (Lipinski definition) is 1. The molecule has 0 unspecified atom stereocenters. The van der Waals surface area contributed by atoms with Crippen molar-refractivity contribution in [2.24, 2.45) is 5.73 Å². The van der Waals surface area contributed by atoms with Crippen molar-refractivity contribution in [2.75, 3.05) is 19.8 Å². The molecule has 0 bridgehead atoms. The van der Waals surface area contributed by atoms with Crippen molar-refractivity contribution in [1.82, 2.24) is 0 Å². The fourth-order valence-electron chi connectivity index (χ4n) is 1.32. The van der Waals surface area contributed by atoms with Gasteiger partial charge in [0.2, 0.25) is 0 Å². The van der Waals surface area contributed by atoms with Crippen molar-refractivity contribution in [3.8, 4) is 5.75 Å². The zero-order chi connectivity index (χ0) is 12.7. The summed E-state index contributed by atoms with van der Waals surface area (Å²) < 4.78 is 23.2. The summed E-state index contributed by atoms with van der Waals surface area (Å²) >= 11 is 0. The molecule has 5 heteroatoms. The summed E-state index contributed by atoms with van der Waals surface area (Å²) in [7, 11) is 0. The number of carbonyl (C=O) groups excluding carboxylic acids is 1. The maximum Gasteiger partial charge on any atom is 0.344 e. The molecule has 94 valence electrons. The largest absolute Gasteiger partial charge is 0.479 e. The summed E-state index contributed by atoms with van der Waals surface area (Å²) in [4.78, 5) is 11.0. The molecular formula is C12H16FNO3. The molecule has 17 heavy (non-hydrogen) atoms. The molecule has 1 aromatic rings. The molecule has 0 amide bonds. The molecule has 0 aliphatic rings. The Hall–Kier alpha value is -1.62. The Balaban J connectivity index is 2.57. The Morgan fingerprint density at radius 1 is 1.47 bits per heavy atom. The third-order valence-electron chi connectivity index (χ3n) is 2.08. The number of nitrogens with two attached hydrogens (primary N) is 1. The molecule has 0 saturated carbocycles. The molecule has 0 spiro atoms. The third-order valence-corrected chi connectivity index (χ3v) is 2.08. The lowest BCUT2D eigenvalue weighted by molar-refractivity contribution is -0.145. The minimum atomic E-state index is -0.516. The standard InChI is InChI=1S/C12H16FNO3/c1-2-16-12(15)8-17-11-4-3-9(5-6-14)7-10(11)13/h3-4,7H,2,5-6,8,14H2,1H3. The van der Waals surface area contributed by atoms with E-state index in [0.29, 0.717) is 13.0 Å². The lowest BCUT2D eigenvalue weighted by Crippen LogP contribution is -2.15. The van der Waals surface area contributed by atoms with E-state index in [2.05, 4.69) is 4.74 Å². The van der Waals surface area contributed by atoms with Crippen LogP contribution in [-0.2, 0) is 16.0 Å². The summed E-state index contributed by atoms with van der Waals surface area (Å²) in [6.45, 7) is 2.14. The van der Waals surface area contributed by atoms with E-state index in [-0.39, 0.29) is 19.0 Å². The Bertz CT molecular complexity index is 382. The minimum absolute atomic E-state index is 0.0406.